The molecular weight excluding hydrogens is 220 g/mol. The summed E-state index contributed by atoms with van der Waals surface area (Å²) in [4.78, 5) is 2.81. The van der Waals surface area contributed by atoms with Crippen LogP contribution in [0.4, 0.5) is 0 Å². The molecule has 0 unspecified atom stereocenters. The molecule has 0 atom stereocenters. The van der Waals surface area contributed by atoms with Crippen molar-refractivity contribution in [3.8, 4) is 0 Å². The van der Waals surface area contributed by atoms with Crippen molar-refractivity contribution in [3.05, 3.63) is 43.8 Å². The summed E-state index contributed by atoms with van der Waals surface area (Å²) in [5.74, 6) is 0. The highest BCUT2D eigenvalue weighted by molar-refractivity contribution is 7.12. The van der Waals surface area contributed by atoms with E-state index in [-0.39, 0.29) is 5.41 Å². The first-order valence-electron chi connectivity index (χ1n) is 5.03. The summed E-state index contributed by atoms with van der Waals surface area (Å²) < 4.78 is 0. The predicted octanol–water partition coefficient (Wildman–Crippen LogP) is 4.62. The van der Waals surface area contributed by atoms with Gasteiger partial charge in [-0.25, -0.2) is 0 Å². The molecule has 0 nitrogen and oxygen atoms in total. The van der Waals surface area contributed by atoms with Gasteiger partial charge in [0.1, 0.15) is 0 Å². The van der Waals surface area contributed by atoms with Gasteiger partial charge in [0.25, 0.3) is 0 Å². The van der Waals surface area contributed by atoms with E-state index in [0.717, 1.165) is 0 Å². The van der Waals surface area contributed by atoms with E-state index < -0.39 is 0 Å². The van der Waals surface area contributed by atoms with Gasteiger partial charge in [0.2, 0.25) is 0 Å². The third kappa shape index (κ3) is 1.25. The zero-order chi connectivity index (χ0) is 10.5. The predicted molar refractivity (Wildman–Crippen MR) is 69.7 cm³/mol. The maximum absolute atomic E-state index is 2.32. The summed E-state index contributed by atoms with van der Waals surface area (Å²) in [6.45, 7) is 4.63. The molecule has 0 N–H and O–H groups in total. The standard InChI is InChI=1S/C13H12S2/c1-13(2)9-5-7-14-11(9)3-4-12-10(13)6-8-15-12/h3-8H,1-2H3. The summed E-state index contributed by atoms with van der Waals surface area (Å²) in [6.07, 6.45) is 4.51. The Morgan fingerprint density at radius 1 is 0.867 bits per heavy atom. The summed E-state index contributed by atoms with van der Waals surface area (Å²) >= 11 is 3.67. The minimum Gasteiger partial charge on any atom is -0.144 e. The van der Waals surface area contributed by atoms with E-state index in [1.165, 1.54) is 20.9 Å². The monoisotopic (exact) mass is 232 g/mol. The largest absolute Gasteiger partial charge is 0.144 e. The van der Waals surface area contributed by atoms with Gasteiger partial charge < -0.3 is 0 Å². The maximum atomic E-state index is 2.32. The lowest BCUT2D eigenvalue weighted by molar-refractivity contribution is 0.645. The van der Waals surface area contributed by atoms with Gasteiger partial charge in [-0.05, 0) is 46.2 Å². The van der Waals surface area contributed by atoms with Crippen LogP contribution in [0.3, 0.4) is 0 Å². The Bertz CT molecular complexity index is 480. The van der Waals surface area contributed by atoms with Crippen molar-refractivity contribution in [1.82, 2.24) is 0 Å². The highest BCUT2D eigenvalue weighted by atomic mass is 32.1. The van der Waals surface area contributed by atoms with Crippen LogP contribution in [-0.2, 0) is 5.41 Å². The van der Waals surface area contributed by atoms with Gasteiger partial charge in [-0.3, -0.25) is 0 Å². The van der Waals surface area contributed by atoms with Crippen molar-refractivity contribution < 1.29 is 0 Å². The van der Waals surface area contributed by atoms with Crippen LogP contribution in [-0.4, -0.2) is 0 Å². The number of hydrogen-bond acceptors (Lipinski definition) is 2. The Hall–Kier alpha value is -0.860. The van der Waals surface area contributed by atoms with Crippen LogP contribution in [0.1, 0.15) is 34.7 Å². The Kier molecular flexibility index (Phi) is 1.91. The van der Waals surface area contributed by atoms with Gasteiger partial charge >= 0.3 is 0 Å². The van der Waals surface area contributed by atoms with E-state index in [9.17, 15) is 0 Å². The van der Waals surface area contributed by atoms with E-state index in [1.54, 1.807) is 0 Å². The van der Waals surface area contributed by atoms with Gasteiger partial charge in [0.15, 0.2) is 0 Å². The second-order valence-corrected chi connectivity index (χ2v) is 6.25. The second-order valence-electron chi connectivity index (χ2n) is 4.36. The lowest BCUT2D eigenvalue weighted by Crippen LogP contribution is -2.18. The number of hydrogen-bond donors (Lipinski definition) is 0. The molecule has 0 saturated heterocycles. The topological polar surface area (TPSA) is 0 Å². The minimum absolute atomic E-state index is 0.147. The Balaban J connectivity index is 2.34. The average Bonchev–Trinajstić information content (AvgIpc) is 2.82. The first kappa shape index (κ1) is 9.37. The second kappa shape index (κ2) is 3.06. The Morgan fingerprint density at radius 3 is 1.80 bits per heavy atom. The van der Waals surface area contributed by atoms with Crippen LogP contribution < -0.4 is 0 Å². The van der Waals surface area contributed by atoms with E-state index in [1.807, 2.05) is 22.7 Å². The van der Waals surface area contributed by atoms with E-state index >= 15 is 0 Å². The third-order valence-electron chi connectivity index (χ3n) is 3.12. The molecule has 0 bridgehead atoms. The lowest BCUT2D eigenvalue weighted by Gasteiger charge is -2.24. The molecule has 1 aliphatic rings. The number of thiophene rings is 2. The highest BCUT2D eigenvalue weighted by Gasteiger charge is 2.30. The minimum atomic E-state index is 0.147. The highest BCUT2D eigenvalue weighted by Crippen LogP contribution is 2.42. The van der Waals surface area contributed by atoms with Crippen LogP contribution in [0.25, 0.3) is 12.2 Å². The molecule has 2 heteroatoms. The van der Waals surface area contributed by atoms with Crippen molar-refractivity contribution in [2.75, 3.05) is 0 Å². The van der Waals surface area contributed by atoms with Crippen LogP contribution in [0.5, 0.6) is 0 Å². The van der Waals surface area contributed by atoms with Crippen molar-refractivity contribution in [2.45, 2.75) is 19.3 Å². The third-order valence-corrected chi connectivity index (χ3v) is 4.89. The van der Waals surface area contributed by atoms with Gasteiger partial charge in [-0.15, -0.1) is 22.7 Å². The fourth-order valence-corrected chi connectivity index (χ4v) is 4.12. The van der Waals surface area contributed by atoms with Crippen molar-refractivity contribution in [2.24, 2.45) is 0 Å². The van der Waals surface area contributed by atoms with Gasteiger partial charge in [-0.1, -0.05) is 13.8 Å². The molecule has 0 amide bonds. The molecule has 15 heavy (non-hydrogen) atoms. The molecule has 2 aromatic rings. The summed E-state index contributed by atoms with van der Waals surface area (Å²) in [6, 6.07) is 4.52. The zero-order valence-corrected chi connectivity index (χ0v) is 10.4. The van der Waals surface area contributed by atoms with Crippen LogP contribution in [0.2, 0.25) is 0 Å². The molecule has 3 rings (SSSR count). The molecule has 1 aliphatic carbocycles. The van der Waals surface area contributed by atoms with Crippen LogP contribution in [0.15, 0.2) is 22.9 Å². The molecule has 0 aromatic carbocycles. The first-order valence-corrected chi connectivity index (χ1v) is 6.79. The maximum Gasteiger partial charge on any atom is 0.0311 e. The number of fused-ring (bicyclic) bond motifs is 2. The fourth-order valence-electron chi connectivity index (χ4n) is 2.23. The zero-order valence-electron chi connectivity index (χ0n) is 8.78. The van der Waals surface area contributed by atoms with E-state index in [0.29, 0.717) is 0 Å². The smallest absolute Gasteiger partial charge is 0.0311 e. The van der Waals surface area contributed by atoms with Gasteiger partial charge in [-0.2, -0.15) is 0 Å². The van der Waals surface area contributed by atoms with Crippen molar-refractivity contribution in [1.29, 1.82) is 0 Å². The summed E-state index contributed by atoms with van der Waals surface area (Å²) in [5.41, 5.74) is 3.07. The first-order chi connectivity index (χ1) is 7.19. The SMILES string of the molecule is CC1(C)c2ccsc2C=Cc2sccc21. The van der Waals surface area contributed by atoms with Crippen LogP contribution in [0, 0.1) is 0 Å². The Morgan fingerprint density at radius 2 is 1.33 bits per heavy atom. The molecule has 76 valence electrons. The van der Waals surface area contributed by atoms with Crippen molar-refractivity contribution >= 4 is 34.8 Å². The molecule has 0 fully saturated rings. The van der Waals surface area contributed by atoms with E-state index in [4.69, 9.17) is 0 Å². The van der Waals surface area contributed by atoms with Gasteiger partial charge in [0.05, 0.1) is 0 Å². The quantitative estimate of drug-likeness (QED) is 0.622. The normalized spacial score (nSPS) is 16.9. The van der Waals surface area contributed by atoms with Crippen molar-refractivity contribution in [3.63, 3.8) is 0 Å². The fraction of sp³-hybridized carbons (Fsp3) is 0.231. The number of rotatable bonds is 0. The lowest BCUT2D eigenvalue weighted by atomic mass is 9.79. The molecule has 2 heterocycles. The molecule has 0 aliphatic heterocycles. The van der Waals surface area contributed by atoms with Gasteiger partial charge in [0, 0.05) is 15.2 Å². The van der Waals surface area contributed by atoms with Crippen LogP contribution >= 0.6 is 22.7 Å². The molecule has 0 spiro atoms. The summed E-state index contributed by atoms with van der Waals surface area (Å²) in [7, 11) is 0. The molecule has 0 radical (unpaired) electrons. The van der Waals surface area contributed by atoms with E-state index in [2.05, 4.69) is 48.9 Å². The average molecular weight is 232 g/mol. The molecular formula is C13H12S2. The Labute approximate surface area is 97.9 Å². The molecule has 0 saturated carbocycles. The summed E-state index contributed by atoms with van der Waals surface area (Å²) in [5, 5.41) is 4.38. The molecule has 2 aromatic heterocycles.